The summed E-state index contributed by atoms with van der Waals surface area (Å²) in [6.07, 6.45) is 8.05. The van der Waals surface area contributed by atoms with Gasteiger partial charge in [-0.25, -0.2) is 0 Å². The molecule has 1 aliphatic rings. The average molecular weight is 197 g/mol. The number of hydrogen-bond acceptors (Lipinski definition) is 0. The van der Waals surface area contributed by atoms with Crippen molar-refractivity contribution in [1.29, 1.82) is 0 Å². The van der Waals surface area contributed by atoms with Crippen molar-refractivity contribution in [1.82, 2.24) is 4.57 Å². The third-order valence-corrected chi connectivity index (χ3v) is 3.38. The zero-order chi connectivity index (χ0) is 10.3. The van der Waals surface area contributed by atoms with Crippen LogP contribution in [0.15, 0.2) is 36.4 Å². The summed E-state index contributed by atoms with van der Waals surface area (Å²) in [5.74, 6) is 0. The summed E-state index contributed by atoms with van der Waals surface area (Å²) in [5.41, 5.74) is 4.42. The maximum absolute atomic E-state index is 2.36. The molecule has 0 N–H and O–H groups in total. The molecule has 0 radical (unpaired) electrons. The van der Waals surface area contributed by atoms with Gasteiger partial charge in [-0.15, -0.1) is 0 Å². The summed E-state index contributed by atoms with van der Waals surface area (Å²) >= 11 is 0. The lowest BCUT2D eigenvalue weighted by Crippen LogP contribution is -1.97. The second kappa shape index (κ2) is 3.27. The Bertz CT molecular complexity index is 532. The number of aromatic nitrogens is 1. The number of allylic oxidation sites excluding steroid dienone is 2. The molecule has 0 saturated carbocycles. The maximum atomic E-state index is 2.36. The van der Waals surface area contributed by atoms with E-state index >= 15 is 0 Å². The minimum atomic E-state index is 1.09. The topological polar surface area (TPSA) is 4.93 Å². The molecule has 0 spiro atoms. The summed E-state index contributed by atoms with van der Waals surface area (Å²) < 4.78 is 2.36. The van der Waals surface area contributed by atoms with Crippen molar-refractivity contribution in [2.24, 2.45) is 7.05 Å². The van der Waals surface area contributed by atoms with E-state index in [-0.39, 0.29) is 0 Å². The van der Waals surface area contributed by atoms with E-state index < -0.39 is 0 Å². The molecule has 76 valence electrons. The van der Waals surface area contributed by atoms with Gasteiger partial charge in [-0.1, -0.05) is 30.4 Å². The number of rotatable bonds is 0. The molecule has 0 bridgehead atoms. The minimum Gasteiger partial charge on any atom is -0.347 e. The van der Waals surface area contributed by atoms with Gasteiger partial charge in [-0.2, -0.15) is 0 Å². The van der Waals surface area contributed by atoms with Crippen LogP contribution in [0, 0.1) is 0 Å². The number of fused-ring (bicyclic) bond motifs is 3. The molecule has 15 heavy (non-hydrogen) atoms. The molecule has 1 heteroatoms. The molecule has 2 aromatic rings. The monoisotopic (exact) mass is 197 g/mol. The van der Waals surface area contributed by atoms with Crippen molar-refractivity contribution in [3.05, 3.63) is 47.7 Å². The molecule has 0 atom stereocenters. The van der Waals surface area contributed by atoms with Gasteiger partial charge in [0.15, 0.2) is 0 Å². The minimum absolute atomic E-state index is 1.09. The summed E-state index contributed by atoms with van der Waals surface area (Å²) in [6, 6.07) is 8.72. The van der Waals surface area contributed by atoms with E-state index in [9.17, 15) is 0 Å². The Morgan fingerprint density at radius 2 is 2.00 bits per heavy atom. The molecule has 0 aliphatic heterocycles. The first kappa shape index (κ1) is 8.78. The van der Waals surface area contributed by atoms with Gasteiger partial charge in [0.1, 0.15) is 0 Å². The van der Waals surface area contributed by atoms with Gasteiger partial charge in [-0.3, -0.25) is 0 Å². The number of aryl methyl sites for hydroxylation is 1. The first-order valence-corrected chi connectivity index (χ1v) is 5.58. The van der Waals surface area contributed by atoms with Crippen LogP contribution >= 0.6 is 0 Å². The predicted molar refractivity (Wildman–Crippen MR) is 64.1 cm³/mol. The van der Waals surface area contributed by atoms with Crippen LogP contribution in [0.5, 0.6) is 0 Å². The fraction of sp³-hybridized carbons (Fsp3) is 0.286. The Balaban J connectivity index is 2.36. The van der Waals surface area contributed by atoms with Crippen molar-refractivity contribution in [2.75, 3.05) is 0 Å². The van der Waals surface area contributed by atoms with Crippen molar-refractivity contribution < 1.29 is 0 Å². The van der Waals surface area contributed by atoms with Crippen LogP contribution in [-0.2, 0) is 19.9 Å². The highest BCUT2D eigenvalue weighted by Gasteiger charge is 2.14. The third-order valence-electron chi connectivity index (χ3n) is 3.38. The number of benzene rings is 1. The van der Waals surface area contributed by atoms with E-state index in [1.807, 2.05) is 0 Å². The van der Waals surface area contributed by atoms with Gasteiger partial charge in [0.05, 0.1) is 0 Å². The molecular weight excluding hydrogens is 182 g/mol. The highest BCUT2D eigenvalue weighted by molar-refractivity contribution is 5.85. The van der Waals surface area contributed by atoms with Crippen molar-refractivity contribution in [3.8, 4) is 0 Å². The third kappa shape index (κ3) is 1.23. The van der Waals surface area contributed by atoms with Crippen LogP contribution in [0.4, 0.5) is 0 Å². The molecule has 1 heterocycles. The zero-order valence-corrected chi connectivity index (χ0v) is 9.03. The van der Waals surface area contributed by atoms with E-state index in [0.29, 0.717) is 0 Å². The Hall–Kier alpha value is -1.50. The summed E-state index contributed by atoms with van der Waals surface area (Å²) in [6.45, 7) is 0. The molecule has 1 nitrogen and oxygen atoms in total. The first-order chi connectivity index (χ1) is 7.38. The lowest BCUT2D eigenvalue weighted by Gasteiger charge is -2.02. The number of para-hydroxylation sites is 1. The Morgan fingerprint density at radius 3 is 2.93 bits per heavy atom. The van der Waals surface area contributed by atoms with E-state index in [2.05, 4.69) is 48.0 Å². The fourth-order valence-corrected chi connectivity index (χ4v) is 2.61. The SMILES string of the molecule is Cn1c2c(c3ccccc31)CC=CCC2. The van der Waals surface area contributed by atoms with Crippen molar-refractivity contribution in [2.45, 2.75) is 19.3 Å². The standard InChI is InChI=1S/C14H15N/c1-15-13-9-4-2-3-7-11(13)12-8-5-6-10-14(12)15/h2-3,5-6,8,10H,4,7,9H2,1H3. The van der Waals surface area contributed by atoms with Crippen LogP contribution in [0.3, 0.4) is 0 Å². The molecule has 0 saturated heterocycles. The molecule has 0 fully saturated rings. The summed E-state index contributed by atoms with van der Waals surface area (Å²) in [4.78, 5) is 0. The maximum Gasteiger partial charge on any atom is 0.0482 e. The first-order valence-electron chi connectivity index (χ1n) is 5.58. The predicted octanol–water partition coefficient (Wildman–Crippen LogP) is 3.22. The van der Waals surface area contributed by atoms with Crippen LogP contribution in [-0.4, -0.2) is 4.57 Å². The quantitative estimate of drug-likeness (QED) is 0.571. The average Bonchev–Trinajstić information content (AvgIpc) is 2.48. The lowest BCUT2D eigenvalue weighted by atomic mass is 10.1. The van der Waals surface area contributed by atoms with Crippen LogP contribution < -0.4 is 0 Å². The molecule has 0 amide bonds. The Kier molecular flexibility index (Phi) is 1.91. The largest absolute Gasteiger partial charge is 0.347 e. The number of nitrogens with zero attached hydrogens (tertiary/aromatic N) is 1. The van der Waals surface area contributed by atoms with E-state index in [1.165, 1.54) is 35.0 Å². The van der Waals surface area contributed by atoms with Gasteiger partial charge in [-0.05, 0) is 30.9 Å². The van der Waals surface area contributed by atoms with Gasteiger partial charge in [0, 0.05) is 23.6 Å². The number of hydrogen-bond donors (Lipinski definition) is 0. The van der Waals surface area contributed by atoms with Gasteiger partial charge in [0.2, 0.25) is 0 Å². The van der Waals surface area contributed by atoms with E-state index in [0.717, 1.165) is 6.42 Å². The van der Waals surface area contributed by atoms with E-state index in [4.69, 9.17) is 0 Å². The van der Waals surface area contributed by atoms with Gasteiger partial charge < -0.3 is 4.57 Å². The van der Waals surface area contributed by atoms with Crippen LogP contribution in [0.2, 0.25) is 0 Å². The highest BCUT2D eigenvalue weighted by atomic mass is 14.9. The molecular formula is C14H15N. The molecule has 0 unspecified atom stereocenters. The van der Waals surface area contributed by atoms with Crippen molar-refractivity contribution in [3.63, 3.8) is 0 Å². The van der Waals surface area contributed by atoms with Crippen molar-refractivity contribution >= 4 is 10.9 Å². The summed E-state index contributed by atoms with van der Waals surface area (Å²) in [7, 11) is 2.19. The van der Waals surface area contributed by atoms with Crippen LogP contribution in [0.25, 0.3) is 10.9 Å². The van der Waals surface area contributed by atoms with Gasteiger partial charge in [0.25, 0.3) is 0 Å². The molecule has 1 aliphatic carbocycles. The molecule has 1 aromatic heterocycles. The second-order valence-corrected chi connectivity index (χ2v) is 4.22. The lowest BCUT2D eigenvalue weighted by molar-refractivity contribution is 0.828. The summed E-state index contributed by atoms with van der Waals surface area (Å²) in [5, 5.41) is 1.43. The molecule has 3 rings (SSSR count). The normalized spacial score (nSPS) is 15.3. The zero-order valence-electron chi connectivity index (χ0n) is 9.03. The molecule has 1 aromatic carbocycles. The van der Waals surface area contributed by atoms with Crippen LogP contribution in [0.1, 0.15) is 17.7 Å². The Labute approximate surface area is 90.0 Å². The van der Waals surface area contributed by atoms with Gasteiger partial charge >= 0.3 is 0 Å². The smallest absolute Gasteiger partial charge is 0.0482 e. The van der Waals surface area contributed by atoms with E-state index in [1.54, 1.807) is 0 Å². The second-order valence-electron chi connectivity index (χ2n) is 4.22. The Morgan fingerprint density at radius 1 is 1.13 bits per heavy atom. The fourth-order valence-electron chi connectivity index (χ4n) is 2.61. The highest BCUT2D eigenvalue weighted by Crippen LogP contribution is 2.28.